The SMILES string of the molecule is CCNC(=NCC(C1CCOC1)N1CCOCC1)NCCC(O)c1ccccc1. The normalized spacial score (nSPS) is 23.0. The fourth-order valence-electron chi connectivity index (χ4n) is 4.02. The van der Waals surface area contributed by atoms with Gasteiger partial charge in [0, 0.05) is 44.7 Å². The van der Waals surface area contributed by atoms with Gasteiger partial charge in [-0.2, -0.15) is 0 Å². The van der Waals surface area contributed by atoms with Crippen molar-refractivity contribution < 1.29 is 14.6 Å². The van der Waals surface area contributed by atoms with Gasteiger partial charge in [-0.3, -0.25) is 9.89 Å². The van der Waals surface area contributed by atoms with Gasteiger partial charge in [-0.05, 0) is 25.3 Å². The summed E-state index contributed by atoms with van der Waals surface area (Å²) in [6.45, 7) is 9.47. The van der Waals surface area contributed by atoms with Gasteiger partial charge in [0.05, 0.1) is 32.5 Å². The first kappa shape index (κ1) is 22.0. The number of aliphatic hydroxyl groups excluding tert-OH is 1. The lowest BCUT2D eigenvalue weighted by Gasteiger charge is -2.36. The van der Waals surface area contributed by atoms with E-state index in [-0.39, 0.29) is 0 Å². The Hall–Kier alpha value is -1.67. The molecule has 2 fully saturated rings. The van der Waals surface area contributed by atoms with Crippen molar-refractivity contribution in [2.75, 3.05) is 59.2 Å². The topological polar surface area (TPSA) is 78.4 Å². The first-order chi connectivity index (χ1) is 14.3. The van der Waals surface area contributed by atoms with Crippen LogP contribution < -0.4 is 10.6 Å². The molecular formula is C22H36N4O3. The lowest BCUT2D eigenvalue weighted by Crippen LogP contribution is -2.49. The first-order valence-electron chi connectivity index (χ1n) is 10.9. The standard InChI is InChI=1S/C22H36N4O3/c1-2-23-22(24-10-8-21(27)18-6-4-3-5-7-18)25-16-20(19-9-13-29-17-19)26-11-14-28-15-12-26/h3-7,19-21,27H,2,8-17H2,1H3,(H2,23,24,25). The average Bonchev–Trinajstić information content (AvgIpc) is 3.30. The van der Waals surface area contributed by atoms with Crippen LogP contribution in [0.15, 0.2) is 35.3 Å². The smallest absolute Gasteiger partial charge is 0.191 e. The molecule has 0 amide bonds. The van der Waals surface area contributed by atoms with Gasteiger partial charge in [0.1, 0.15) is 0 Å². The third-order valence-corrected chi connectivity index (χ3v) is 5.70. The van der Waals surface area contributed by atoms with Gasteiger partial charge in [-0.1, -0.05) is 30.3 Å². The Morgan fingerprint density at radius 3 is 2.66 bits per heavy atom. The molecule has 3 rings (SSSR count). The number of ether oxygens (including phenoxy) is 2. The molecule has 2 aliphatic heterocycles. The van der Waals surface area contributed by atoms with Crippen LogP contribution in [0.3, 0.4) is 0 Å². The number of rotatable bonds is 9. The molecule has 0 bridgehead atoms. The van der Waals surface area contributed by atoms with Crippen LogP contribution in [0.5, 0.6) is 0 Å². The van der Waals surface area contributed by atoms with E-state index in [1.807, 2.05) is 30.3 Å². The Morgan fingerprint density at radius 2 is 1.97 bits per heavy atom. The second-order valence-corrected chi connectivity index (χ2v) is 7.70. The molecule has 3 atom stereocenters. The zero-order chi connectivity index (χ0) is 20.3. The molecule has 1 aromatic carbocycles. The van der Waals surface area contributed by atoms with Crippen LogP contribution in [0.1, 0.15) is 31.4 Å². The average molecular weight is 405 g/mol. The van der Waals surface area contributed by atoms with E-state index in [1.54, 1.807) is 0 Å². The van der Waals surface area contributed by atoms with Crippen molar-refractivity contribution in [1.29, 1.82) is 0 Å². The van der Waals surface area contributed by atoms with Crippen molar-refractivity contribution in [3.05, 3.63) is 35.9 Å². The van der Waals surface area contributed by atoms with Crippen molar-refractivity contribution in [2.24, 2.45) is 10.9 Å². The highest BCUT2D eigenvalue weighted by Gasteiger charge is 2.31. The number of nitrogens with one attached hydrogen (secondary N) is 2. The fourth-order valence-corrected chi connectivity index (χ4v) is 4.02. The Morgan fingerprint density at radius 1 is 1.17 bits per heavy atom. The Balaban J connectivity index is 1.54. The number of guanidine groups is 1. The molecule has 2 saturated heterocycles. The molecule has 7 nitrogen and oxygen atoms in total. The first-order valence-corrected chi connectivity index (χ1v) is 10.9. The monoisotopic (exact) mass is 404 g/mol. The molecule has 29 heavy (non-hydrogen) atoms. The second-order valence-electron chi connectivity index (χ2n) is 7.70. The van der Waals surface area contributed by atoms with Crippen LogP contribution in [0, 0.1) is 5.92 Å². The van der Waals surface area contributed by atoms with Gasteiger partial charge < -0.3 is 25.2 Å². The van der Waals surface area contributed by atoms with Gasteiger partial charge >= 0.3 is 0 Å². The van der Waals surface area contributed by atoms with E-state index in [1.165, 1.54) is 0 Å². The van der Waals surface area contributed by atoms with Crippen molar-refractivity contribution in [2.45, 2.75) is 31.9 Å². The maximum absolute atomic E-state index is 10.4. The molecule has 3 unspecified atom stereocenters. The van der Waals surface area contributed by atoms with Crippen LogP contribution in [0.4, 0.5) is 0 Å². The highest BCUT2D eigenvalue weighted by Crippen LogP contribution is 2.22. The summed E-state index contributed by atoms with van der Waals surface area (Å²) in [4.78, 5) is 7.39. The molecule has 2 aliphatic rings. The second kappa shape index (κ2) is 12.1. The van der Waals surface area contributed by atoms with Gasteiger partial charge in [0.2, 0.25) is 0 Å². The number of aliphatic imine (C=N–C) groups is 1. The minimum absolute atomic E-state index is 0.381. The fraction of sp³-hybridized carbons (Fsp3) is 0.682. The van der Waals surface area contributed by atoms with E-state index in [0.717, 1.165) is 70.6 Å². The maximum Gasteiger partial charge on any atom is 0.191 e. The Kier molecular flexibility index (Phi) is 9.21. The molecule has 7 heteroatoms. The summed E-state index contributed by atoms with van der Waals surface area (Å²) >= 11 is 0. The van der Waals surface area contributed by atoms with E-state index in [0.29, 0.717) is 24.9 Å². The number of benzene rings is 1. The number of hydrogen-bond donors (Lipinski definition) is 3. The third kappa shape index (κ3) is 6.96. The maximum atomic E-state index is 10.4. The Bertz CT molecular complexity index is 601. The lowest BCUT2D eigenvalue weighted by molar-refractivity contribution is 0.00368. The van der Waals surface area contributed by atoms with Crippen LogP contribution in [0.25, 0.3) is 0 Å². The van der Waals surface area contributed by atoms with E-state index >= 15 is 0 Å². The summed E-state index contributed by atoms with van der Waals surface area (Å²) in [5, 5.41) is 17.1. The predicted molar refractivity (Wildman–Crippen MR) is 115 cm³/mol. The van der Waals surface area contributed by atoms with Gasteiger partial charge in [-0.15, -0.1) is 0 Å². The molecule has 2 heterocycles. The molecule has 0 radical (unpaired) electrons. The zero-order valence-corrected chi connectivity index (χ0v) is 17.6. The summed E-state index contributed by atoms with van der Waals surface area (Å²) in [5.74, 6) is 1.34. The minimum Gasteiger partial charge on any atom is -0.388 e. The summed E-state index contributed by atoms with van der Waals surface area (Å²) in [5.41, 5.74) is 0.949. The van der Waals surface area contributed by atoms with Gasteiger partial charge in [0.25, 0.3) is 0 Å². The largest absolute Gasteiger partial charge is 0.388 e. The van der Waals surface area contributed by atoms with Crippen molar-refractivity contribution >= 4 is 5.96 Å². The van der Waals surface area contributed by atoms with Crippen LogP contribution >= 0.6 is 0 Å². The van der Waals surface area contributed by atoms with Crippen molar-refractivity contribution in [3.8, 4) is 0 Å². The number of morpholine rings is 1. The van der Waals surface area contributed by atoms with Crippen molar-refractivity contribution in [3.63, 3.8) is 0 Å². The molecular weight excluding hydrogens is 368 g/mol. The van der Waals surface area contributed by atoms with E-state index < -0.39 is 6.10 Å². The summed E-state index contributed by atoms with van der Waals surface area (Å²) < 4.78 is 11.2. The summed E-state index contributed by atoms with van der Waals surface area (Å²) in [6, 6.07) is 10.2. The molecule has 0 aliphatic carbocycles. The Labute approximate surface area is 174 Å². The molecule has 3 N–H and O–H groups in total. The van der Waals surface area contributed by atoms with Crippen LogP contribution in [-0.4, -0.2) is 81.2 Å². The van der Waals surface area contributed by atoms with Gasteiger partial charge in [0.15, 0.2) is 5.96 Å². The van der Waals surface area contributed by atoms with Crippen LogP contribution in [-0.2, 0) is 9.47 Å². The van der Waals surface area contributed by atoms with Crippen LogP contribution in [0.2, 0.25) is 0 Å². The molecule has 0 aromatic heterocycles. The molecule has 1 aromatic rings. The minimum atomic E-state index is -0.469. The quantitative estimate of drug-likeness (QED) is 0.427. The zero-order valence-electron chi connectivity index (χ0n) is 17.6. The lowest BCUT2D eigenvalue weighted by atomic mass is 9.97. The number of aliphatic hydroxyl groups is 1. The summed E-state index contributed by atoms with van der Waals surface area (Å²) in [7, 11) is 0. The van der Waals surface area contributed by atoms with E-state index in [2.05, 4.69) is 22.5 Å². The van der Waals surface area contributed by atoms with Gasteiger partial charge in [-0.25, -0.2) is 0 Å². The predicted octanol–water partition coefficient (Wildman–Crippen LogP) is 1.40. The molecule has 0 saturated carbocycles. The molecule has 0 spiro atoms. The van der Waals surface area contributed by atoms with Crippen molar-refractivity contribution in [1.82, 2.24) is 15.5 Å². The van der Waals surface area contributed by atoms with E-state index in [4.69, 9.17) is 14.5 Å². The third-order valence-electron chi connectivity index (χ3n) is 5.70. The number of nitrogens with zero attached hydrogens (tertiary/aromatic N) is 2. The highest BCUT2D eigenvalue weighted by molar-refractivity contribution is 5.79. The molecule has 162 valence electrons. The highest BCUT2D eigenvalue weighted by atomic mass is 16.5. The number of hydrogen-bond acceptors (Lipinski definition) is 5. The van der Waals surface area contributed by atoms with E-state index in [9.17, 15) is 5.11 Å². The summed E-state index contributed by atoms with van der Waals surface area (Å²) in [6.07, 6.45) is 1.27.